The summed E-state index contributed by atoms with van der Waals surface area (Å²) in [6, 6.07) is 6.65. The zero-order chi connectivity index (χ0) is 21.2. The molecular formula is C19H20F3N5O2. The molecule has 3 aromatic rings. The average molecular weight is 407 g/mol. The lowest BCUT2D eigenvalue weighted by atomic mass is 10.1. The molecule has 0 radical (unpaired) electrons. The third-order valence-electron chi connectivity index (χ3n) is 4.34. The molecule has 0 aliphatic heterocycles. The molecule has 0 atom stereocenters. The maximum absolute atomic E-state index is 12.9. The van der Waals surface area contributed by atoms with Gasteiger partial charge < -0.3 is 10.1 Å². The Kier molecular flexibility index (Phi) is 5.73. The number of benzene rings is 1. The van der Waals surface area contributed by atoms with Gasteiger partial charge in [-0.25, -0.2) is 4.68 Å². The molecule has 0 spiro atoms. The largest absolute Gasteiger partial charge is 0.416 e. The first-order valence-electron chi connectivity index (χ1n) is 8.73. The molecule has 2 heterocycles. The van der Waals surface area contributed by atoms with Gasteiger partial charge in [-0.15, -0.1) is 0 Å². The number of carbonyl (C=O) groups is 1. The molecule has 0 bridgehead atoms. The van der Waals surface area contributed by atoms with E-state index in [1.165, 1.54) is 17.9 Å². The zero-order valence-corrected chi connectivity index (χ0v) is 16.1. The van der Waals surface area contributed by atoms with Crippen molar-refractivity contribution in [2.75, 3.05) is 12.4 Å². The van der Waals surface area contributed by atoms with Crippen molar-refractivity contribution in [1.29, 1.82) is 0 Å². The van der Waals surface area contributed by atoms with Crippen molar-refractivity contribution < 1.29 is 22.7 Å². The van der Waals surface area contributed by atoms with Gasteiger partial charge in [0, 0.05) is 13.3 Å². The molecular weight excluding hydrogens is 387 g/mol. The monoisotopic (exact) mass is 407 g/mol. The number of anilines is 1. The van der Waals surface area contributed by atoms with Gasteiger partial charge in [-0.05, 0) is 37.6 Å². The number of ether oxygens (including phenoxy) is 1. The highest BCUT2D eigenvalue weighted by molar-refractivity contribution is 6.03. The Labute approximate surface area is 165 Å². The van der Waals surface area contributed by atoms with Crippen LogP contribution in [0.1, 0.15) is 33.0 Å². The van der Waals surface area contributed by atoms with Gasteiger partial charge in [0.1, 0.15) is 6.73 Å². The molecule has 3 rings (SSSR count). The molecule has 1 aromatic carbocycles. The van der Waals surface area contributed by atoms with E-state index >= 15 is 0 Å². The van der Waals surface area contributed by atoms with Crippen molar-refractivity contribution in [2.45, 2.75) is 33.3 Å². The van der Waals surface area contributed by atoms with E-state index in [1.54, 1.807) is 36.9 Å². The lowest BCUT2D eigenvalue weighted by Gasteiger charge is -2.10. The van der Waals surface area contributed by atoms with E-state index in [9.17, 15) is 18.0 Å². The number of hydrogen-bond donors (Lipinski definition) is 1. The summed E-state index contributed by atoms with van der Waals surface area (Å²) in [5.41, 5.74) is 1.65. The highest BCUT2D eigenvalue weighted by Gasteiger charge is 2.30. The van der Waals surface area contributed by atoms with Crippen LogP contribution in [-0.2, 0) is 24.2 Å². The fourth-order valence-electron chi connectivity index (χ4n) is 2.92. The Morgan fingerprint density at radius 1 is 1.21 bits per heavy atom. The number of carbonyl (C=O) groups excluding carboxylic acids is 1. The zero-order valence-electron chi connectivity index (χ0n) is 16.1. The van der Waals surface area contributed by atoms with Crippen molar-refractivity contribution in [3.8, 4) is 0 Å². The summed E-state index contributed by atoms with van der Waals surface area (Å²) in [6.45, 7) is 3.83. The van der Waals surface area contributed by atoms with Gasteiger partial charge in [-0.3, -0.25) is 9.48 Å². The number of amides is 1. The molecule has 1 N–H and O–H groups in total. The minimum atomic E-state index is -4.41. The summed E-state index contributed by atoms with van der Waals surface area (Å²) in [4.78, 5) is 12.5. The maximum Gasteiger partial charge on any atom is 0.416 e. The molecule has 2 aromatic heterocycles. The van der Waals surface area contributed by atoms with Crippen molar-refractivity contribution in [3.63, 3.8) is 0 Å². The van der Waals surface area contributed by atoms with Crippen molar-refractivity contribution in [2.24, 2.45) is 0 Å². The van der Waals surface area contributed by atoms with Crippen LogP contribution in [-0.4, -0.2) is 32.6 Å². The van der Waals surface area contributed by atoms with Crippen LogP contribution in [0, 0.1) is 13.8 Å². The third kappa shape index (κ3) is 4.65. The van der Waals surface area contributed by atoms with Gasteiger partial charge in [0.15, 0.2) is 5.69 Å². The fourth-order valence-corrected chi connectivity index (χ4v) is 2.92. The Balaban J connectivity index is 1.79. The number of aromatic nitrogens is 4. The third-order valence-corrected chi connectivity index (χ3v) is 4.34. The average Bonchev–Trinajstić information content (AvgIpc) is 3.22. The molecule has 0 aliphatic rings. The van der Waals surface area contributed by atoms with Crippen molar-refractivity contribution in [3.05, 3.63) is 64.7 Å². The first kappa shape index (κ1) is 20.6. The summed E-state index contributed by atoms with van der Waals surface area (Å²) < 4.78 is 46.8. The fraction of sp³-hybridized carbons (Fsp3) is 0.316. The first-order valence-corrected chi connectivity index (χ1v) is 8.73. The van der Waals surface area contributed by atoms with Crippen LogP contribution in [0.15, 0.2) is 36.5 Å². The quantitative estimate of drug-likeness (QED) is 0.677. The van der Waals surface area contributed by atoms with Crippen molar-refractivity contribution in [1.82, 2.24) is 19.6 Å². The first-order chi connectivity index (χ1) is 13.7. The molecule has 0 aliphatic carbocycles. The van der Waals surface area contributed by atoms with E-state index in [0.717, 1.165) is 12.1 Å². The van der Waals surface area contributed by atoms with Gasteiger partial charge in [0.05, 0.1) is 29.2 Å². The van der Waals surface area contributed by atoms with Crippen LogP contribution in [0.2, 0.25) is 0 Å². The maximum atomic E-state index is 12.9. The summed E-state index contributed by atoms with van der Waals surface area (Å²) >= 11 is 0. The molecule has 0 saturated carbocycles. The normalized spacial score (nSPS) is 11.7. The number of halogens is 3. The van der Waals surface area contributed by atoms with Gasteiger partial charge in [-0.1, -0.05) is 12.1 Å². The Morgan fingerprint density at radius 3 is 2.66 bits per heavy atom. The number of aryl methyl sites for hydroxylation is 1. The van der Waals surface area contributed by atoms with E-state index in [-0.39, 0.29) is 19.0 Å². The van der Waals surface area contributed by atoms with E-state index < -0.39 is 17.6 Å². The molecule has 1 amide bonds. The van der Waals surface area contributed by atoms with E-state index in [1.807, 2.05) is 0 Å². The molecule has 0 saturated heterocycles. The molecule has 154 valence electrons. The van der Waals surface area contributed by atoms with Gasteiger partial charge in [-0.2, -0.15) is 23.4 Å². The topological polar surface area (TPSA) is 74.0 Å². The van der Waals surface area contributed by atoms with Gasteiger partial charge in [0.25, 0.3) is 5.91 Å². The predicted octanol–water partition coefficient (Wildman–Crippen LogP) is 3.62. The number of nitrogens with zero attached hydrogens (tertiary/aromatic N) is 4. The highest BCUT2D eigenvalue weighted by Crippen LogP contribution is 2.30. The van der Waals surface area contributed by atoms with E-state index in [0.29, 0.717) is 22.6 Å². The molecule has 0 fully saturated rings. The minimum absolute atomic E-state index is 0.148. The number of nitrogens with one attached hydrogen (secondary N) is 1. The number of methoxy groups -OCH3 is 1. The molecule has 10 heteroatoms. The number of alkyl halides is 3. The van der Waals surface area contributed by atoms with Crippen LogP contribution < -0.4 is 5.32 Å². The molecule has 7 nitrogen and oxygen atoms in total. The molecule has 0 unspecified atom stereocenters. The standard InChI is InChI=1S/C19H20F3N5O2/c1-12-17(23-18(28)16-7-8-26(25-16)11-29-3)13(2)27(24-12)10-14-5-4-6-15(9-14)19(20,21)22/h4-9H,10-11H2,1-3H3,(H,23,28). The SMILES string of the molecule is COCn1ccc(C(=O)Nc2c(C)nn(Cc3cccc(C(F)(F)F)c3)c2C)n1. The highest BCUT2D eigenvalue weighted by atomic mass is 19.4. The lowest BCUT2D eigenvalue weighted by molar-refractivity contribution is -0.137. The number of hydrogen-bond acceptors (Lipinski definition) is 4. The second-order valence-corrected chi connectivity index (χ2v) is 6.51. The van der Waals surface area contributed by atoms with E-state index in [2.05, 4.69) is 15.5 Å². The Morgan fingerprint density at radius 2 is 1.97 bits per heavy atom. The Hall–Kier alpha value is -3.14. The second-order valence-electron chi connectivity index (χ2n) is 6.51. The van der Waals surface area contributed by atoms with Crippen LogP contribution in [0.3, 0.4) is 0 Å². The smallest absolute Gasteiger partial charge is 0.362 e. The van der Waals surface area contributed by atoms with Gasteiger partial charge >= 0.3 is 6.18 Å². The Bertz CT molecular complexity index is 1020. The van der Waals surface area contributed by atoms with Crippen LogP contribution in [0.4, 0.5) is 18.9 Å². The van der Waals surface area contributed by atoms with Crippen molar-refractivity contribution >= 4 is 11.6 Å². The van der Waals surface area contributed by atoms with Crippen LogP contribution in [0.5, 0.6) is 0 Å². The van der Waals surface area contributed by atoms with E-state index in [4.69, 9.17) is 4.74 Å². The lowest BCUT2D eigenvalue weighted by Crippen LogP contribution is -2.15. The second kappa shape index (κ2) is 8.08. The summed E-state index contributed by atoms with van der Waals surface area (Å²) in [6.07, 6.45) is -2.79. The summed E-state index contributed by atoms with van der Waals surface area (Å²) in [5, 5.41) is 11.2. The van der Waals surface area contributed by atoms with Crippen LogP contribution in [0.25, 0.3) is 0 Å². The minimum Gasteiger partial charge on any atom is -0.362 e. The van der Waals surface area contributed by atoms with Crippen LogP contribution >= 0.6 is 0 Å². The number of rotatable bonds is 6. The summed E-state index contributed by atoms with van der Waals surface area (Å²) in [5.74, 6) is -0.412. The van der Waals surface area contributed by atoms with Gasteiger partial charge in [0.2, 0.25) is 0 Å². The predicted molar refractivity (Wildman–Crippen MR) is 99.4 cm³/mol. The summed E-state index contributed by atoms with van der Waals surface area (Å²) in [7, 11) is 1.52. The molecule has 29 heavy (non-hydrogen) atoms.